The zero-order valence-corrected chi connectivity index (χ0v) is 12.0. The maximum absolute atomic E-state index is 5.11. The Kier molecular flexibility index (Phi) is 5.85. The molecule has 0 aliphatic heterocycles. The van der Waals surface area contributed by atoms with E-state index in [1.807, 2.05) is 13.1 Å². The Balaban J connectivity index is 3.00. The molecule has 1 aromatic rings. The molecule has 102 valence electrons. The molecule has 1 aromatic heterocycles. The molecule has 1 heterocycles. The van der Waals surface area contributed by atoms with Gasteiger partial charge in [0.15, 0.2) is 5.82 Å². The van der Waals surface area contributed by atoms with Crippen LogP contribution >= 0.6 is 0 Å². The van der Waals surface area contributed by atoms with E-state index < -0.39 is 0 Å². The van der Waals surface area contributed by atoms with E-state index in [-0.39, 0.29) is 0 Å². The smallest absolute Gasteiger partial charge is 0.158 e. The van der Waals surface area contributed by atoms with E-state index in [0.29, 0.717) is 18.3 Å². The second-order valence-corrected chi connectivity index (χ2v) is 4.64. The van der Waals surface area contributed by atoms with Crippen LogP contribution in [0.2, 0.25) is 0 Å². The molecule has 0 fully saturated rings. The Hall–Kier alpha value is -1.36. The molecule has 0 unspecified atom stereocenters. The van der Waals surface area contributed by atoms with Crippen molar-refractivity contribution >= 4 is 11.6 Å². The van der Waals surface area contributed by atoms with Crippen molar-refractivity contribution in [1.82, 2.24) is 9.97 Å². The molecule has 0 atom stereocenters. The molecule has 0 spiro atoms. The van der Waals surface area contributed by atoms with E-state index in [1.54, 1.807) is 7.11 Å². The first kappa shape index (κ1) is 14.7. The summed E-state index contributed by atoms with van der Waals surface area (Å²) >= 11 is 0. The van der Waals surface area contributed by atoms with Crippen LogP contribution < -0.4 is 10.2 Å². The minimum atomic E-state index is 0.432. The topological polar surface area (TPSA) is 50.3 Å². The lowest BCUT2D eigenvalue weighted by atomic mass is 10.2. The van der Waals surface area contributed by atoms with Crippen molar-refractivity contribution in [3.05, 3.63) is 11.9 Å². The first-order valence-electron chi connectivity index (χ1n) is 6.40. The van der Waals surface area contributed by atoms with Gasteiger partial charge in [-0.05, 0) is 12.8 Å². The monoisotopic (exact) mass is 252 g/mol. The zero-order valence-electron chi connectivity index (χ0n) is 12.0. The van der Waals surface area contributed by atoms with E-state index in [1.165, 1.54) is 0 Å². The Labute approximate surface area is 110 Å². The molecule has 0 saturated carbocycles. The average molecular weight is 252 g/mol. The van der Waals surface area contributed by atoms with Crippen LogP contribution in [0.25, 0.3) is 0 Å². The second-order valence-electron chi connectivity index (χ2n) is 4.64. The normalized spacial score (nSPS) is 10.8. The predicted octanol–water partition coefficient (Wildman–Crippen LogP) is 2.15. The lowest BCUT2D eigenvalue weighted by Gasteiger charge is -2.24. The second kappa shape index (κ2) is 7.16. The van der Waals surface area contributed by atoms with Crippen molar-refractivity contribution < 1.29 is 4.74 Å². The molecule has 0 aliphatic rings. The summed E-state index contributed by atoms with van der Waals surface area (Å²) in [5.41, 5.74) is 0. The number of hydrogen-bond acceptors (Lipinski definition) is 5. The van der Waals surface area contributed by atoms with Crippen LogP contribution in [0.4, 0.5) is 11.6 Å². The number of anilines is 2. The molecular weight excluding hydrogens is 228 g/mol. The lowest BCUT2D eigenvalue weighted by Crippen LogP contribution is -2.28. The fourth-order valence-electron chi connectivity index (χ4n) is 1.79. The molecule has 0 amide bonds. The number of aromatic nitrogens is 2. The van der Waals surface area contributed by atoms with Gasteiger partial charge in [0.1, 0.15) is 18.2 Å². The molecule has 0 aliphatic carbocycles. The van der Waals surface area contributed by atoms with E-state index >= 15 is 0 Å². The summed E-state index contributed by atoms with van der Waals surface area (Å²) in [4.78, 5) is 11.2. The van der Waals surface area contributed by atoms with Crippen LogP contribution in [0.15, 0.2) is 6.07 Å². The third-order valence-corrected chi connectivity index (χ3v) is 2.58. The summed E-state index contributed by atoms with van der Waals surface area (Å²) in [5, 5.41) is 3.07. The SMILES string of the molecule is CCN(CC(C)C)c1cc(NC)nc(COC)n1. The predicted molar refractivity (Wildman–Crippen MR) is 75.0 cm³/mol. The Morgan fingerprint density at radius 2 is 2.11 bits per heavy atom. The number of rotatable bonds is 7. The third-order valence-electron chi connectivity index (χ3n) is 2.58. The van der Waals surface area contributed by atoms with Crippen molar-refractivity contribution in [1.29, 1.82) is 0 Å². The molecule has 1 rings (SSSR count). The highest BCUT2D eigenvalue weighted by Crippen LogP contribution is 2.17. The van der Waals surface area contributed by atoms with Crippen molar-refractivity contribution in [2.45, 2.75) is 27.4 Å². The van der Waals surface area contributed by atoms with Gasteiger partial charge in [0, 0.05) is 33.3 Å². The van der Waals surface area contributed by atoms with Gasteiger partial charge in [-0.25, -0.2) is 9.97 Å². The largest absolute Gasteiger partial charge is 0.377 e. The summed E-state index contributed by atoms with van der Waals surface area (Å²) < 4.78 is 5.11. The fraction of sp³-hybridized carbons (Fsp3) is 0.692. The minimum Gasteiger partial charge on any atom is -0.377 e. The molecular formula is C13H24N4O. The highest BCUT2D eigenvalue weighted by molar-refractivity contribution is 5.49. The number of nitrogens with one attached hydrogen (secondary N) is 1. The van der Waals surface area contributed by atoms with Gasteiger partial charge in [0.05, 0.1) is 0 Å². The first-order chi connectivity index (χ1) is 8.60. The van der Waals surface area contributed by atoms with E-state index in [2.05, 4.69) is 41.0 Å². The van der Waals surface area contributed by atoms with Gasteiger partial charge in [-0.3, -0.25) is 0 Å². The van der Waals surface area contributed by atoms with Crippen LogP contribution in [-0.2, 0) is 11.3 Å². The number of hydrogen-bond donors (Lipinski definition) is 1. The van der Waals surface area contributed by atoms with Crippen molar-refractivity contribution in [3.8, 4) is 0 Å². The number of ether oxygens (including phenoxy) is 1. The summed E-state index contributed by atoms with van der Waals surface area (Å²) in [5.74, 6) is 3.09. The summed E-state index contributed by atoms with van der Waals surface area (Å²) in [6, 6.07) is 1.98. The molecule has 5 heteroatoms. The van der Waals surface area contributed by atoms with Gasteiger partial charge >= 0.3 is 0 Å². The highest BCUT2D eigenvalue weighted by Gasteiger charge is 2.11. The van der Waals surface area contributed by atoms with Gasteiger partial charge in [-0.15, -0.1) is 0 Å². The standard InChI is InChI=1S/C13H24N4O/c1-6-17(8-10(2)3)13-7-11(14-4)15-12(16-13)9-18-5/h7,10H,6,8-9H2,1-5H3,(H,14,15,16). The van der Waals surface area contributed by atoms with Gasteiger partial charge in [0.2, 0.25) is 0 Å². The van der Waals surface area contributed by atoms with Gasteiger partial charge < -0.3 is 15.0 Å². The van der Waals surface area contributed by atoms with Gasteiger partial charge in [-0.1, -0.05) is 13.8 Å². The Morgan fingerprint density at radius 3 is 2.61 bits per heavy atom. The van der Waals surface area contributed by atoms with E-state index in [0.717, 1.165) is 24.7 Å². The van der Waals surface area contributed by atoms with E-state index in [9.17, 15) is 0 Å². The van der Waals surface area contributed by atoms with E-state index in [4.69, 9.17) is 4.74 Å². The quantitative estimate of drug-likeness (QED) is 0.805. The van der Waals surface area contributed by atoms with Crippen LogP contribution in [0.1, 0.15) is 26.6 Å². The molecule has 1 N–H and O–H groups in total. The molecule has 0 aromatic carbocycles. The lowest BCUT2D eigenvalue weighted by molar-refractivity contribution is 0.178. The van der Waals surface area contributed by atoms with Crippen LogP contribution in [0.3, 0.4) is 0 Å². The molecule has 0 saturated heterocycles. The maximum Gasteiger partial charge on any atom is 0.158 e. The number of methoxy groups -OCH3 is 1. The summed E-state index contributed by atoms with van der Waals surface area (Å²) in [6.07, 6.45) is 0. The summed E-state index contributed by atoms with van der Waals surface area (Å²) in [7, 11) is 3.52. The molecule has 0 radical (unpaired) electrons. The van der Waals surface area contributed by atoms with Crippen LogP contribution in [0, 0.1) is 5.92 Å². The molecule has 18 heavy (non-hydrogen) atoms. The van der Waals surface area contributed by atoms with Crippen LogP contribution in [0.5, 0.6) is 0 Å². The Morgan fingerprint density at radius 1 is 1.39 bits per heavy atom. The minimum absolute atomic E-state index is 0.432. The first-order valence-corrected chi connectivity index (χ1v) is 6.40. The zero-order chi connectivity index (χ0) is 13.5. The van der Waals surface area contributed by atoms with Crippen molar-refractivity contribution in [2.75, 3.05) is 37.5 Å². The third kappa shape index (κ3) is 4.14. The maximum atomic E-state index is 5.11. The fourth-order valence-corrected chi connectivity index (χ4v) is 1.79. The van der Waals surface area contributed by atoms with Crippen molar-refractivity contribution in [2.24, 2.45) is 5.92 Å². The highest BCUT2D eigenvalue weighted by atomic mass is 16.5. The van der Waals surface area contributed by atoms with Gasteiger partial charge in [0.25, 0.3) is 0 Å². The molecule has 5 nitrogen and oxygen atoms in total. The Bertz CT molecular complexity index is 368. The van der Waals surface area contributed by atoms with Crippen molar-refractivity contribution in [3.63, 3.8) is 0 Å². The number of nitrogens with zero attached hydrogens (tertiary/aromatic N) is 3. The molecule has 0 bridgehead atoms. The summed E-state index contributed by atoms with van der Waals surface area (Å²) in [6.45, 7) is 8.91. The van der Waals surface area contributed by atoms with Gasteiger partial charge in [-0.2, -0.15) is 0 Å². The average Bonchev–Trinajstić information content (AvgIpc) is 2.35. The van der Waals surface area contributed by atoms with Crippen LogP contribution in [-0.4, -0.2) is 37.2 Å².